The molecule has 0 saturated heterocycles. The van der Waals surface area contributed by atoms with E-state index in [1.54, 1.807) is 24.3 Å². The van der Waals surface area contributed by atoms with Crippen molar-refractivity contribution in [1.29, 1.82) is 0 Å². The Balaban J connectivity index is 1.84. The van der Waals surface area contributed by atoms with Crippen LogP contribution < -0.4 is 19.5 Å². The van der Waals surface area contributed by atoms with Crippen LogP contribution in [0.1, 0.15) is 22.6 Å². The van der Waals surface area contributed by atoms with E-state index in [9.17, 15) is 4.79 Å². The van der Waals surface area contributed by atoms with Gasteiger partial charge in [-0.2, -0.15) is 9.78 Å². The van der Waals surface area contributed by atoms with Crippen molar-refractivity contribution in [3.05, 3.63) is 53.0 Å². The number of rotatable bonds is 7. The van der Waals surface area contributed by atoms with E-state index in [1.807, 2.05) is 26.8 Å². The summed E-state index contributed by atoms with van der Waals surface area (Å²) in [5.41, 5.74) is 3.07. The molecule has 162 valence electrons. The van der Waals surface area contributed by atoms with Gasteiger partial charge in [-0.15, -0.1) is 0 Å². The Morgan fingerprint density at radius 1 is 0.903 bits per heavy atom. The number of benzene rings is 1. The van der Waals surface area contributed by atoms with E-state index in [0.717, 1.165) is 17.1 Å². The van der Waals surface area contributed by atoms with Crippen molar-refractivity contribution in [2.45, 2.75) is 20.8 Å². The van der Waals surface area contributed by atoms with Crippen LogP contribution in [0.5, 0.6) is 17.2 Å². The average Bonchev–Trinajstić information content (AvgIpc) is 3.10. The van der Waals surface area contributed by atoms with E-state index in [4.69, 9.17) is 14.2 Å². The Bertz CT molecular complexity index is 1090. The van der Waals surface area contributed by atoms with Gasteiger partial charge < -0.3 is 19.5 Å². The molecule has 2 aromatic heterocycles. The van der Waals surface area contributed by atoms with Crippen molar-refractivity contribution in [3.63, 3.8) is 0 Å². The molecule has 31 heavy (non-hydrogen) atoms. The lowest BCUT2D eigenvalue weighted by Gasteiger charge is -2.12. The molecule has 1 aromatic carbocycles. The Labute approximate surface area is 180 Å². The number of hydrogen-bond donors (Lipinski definition) is 1. The Kier molecular flexibility index (Phi) is 6.54. The predicted molar refractivity (Wildman–Crippen MR) is 117 cm³/mol. The molecule has 0 bridgehead atoms. The third kappa shape index (κ3) is 5.00. The fraction of sp³-hybridized carbons (Fsp3) is 0.273. The summed E-state index contributed by atoms with van der Waals surface area (Å²) < 4.78 is 17.5. The molecule has 9 heteroatoms. The molecule has 3 aromatic rings. The lowest BCUT2D eigenvalue weighted by Crippen LogP contribution is -2.14. The summed E-state index contributed by atoms with van der Waals surface area (Å²) in [4.78, 5) is 21.4. The van der Waals surface area contributed by atoms with Crippen LogP contribution >= 0.6 is 0 Å². The zero-order valence-corrected chi connectivity index (χ0v) is 18.4. The van der Waals surface area contributed by atoms with E-state index < -0.39 is 0 Å². The maximum atomic E-state index is 12.6. The molecule has 0 fully saturated rings. The van der Waals surface area contributed by atoms with Crippen LogP contribution in [-0.2, 0) is 4.79 Å². The van der Waals surface area contributed by atoms with Crippen LogP contribution in [-0.4, -0.2) is 47.0 Å². The summed E-state index contributed by atoms with van der Waals surface area (Å²) in [5, 5.41) is 7.23. The van der Waals surface area contributed by atoms with Crippen molar-refractivity contribution in [3.8, 4) is 23.2 Å². The molecule has 0 unspecified atom stereocenters. The second kappa shape index (κ2) is 9.29. The van der Waals surface area contributed by atoms with E-state index in [0.29, 0.717) is 34.6 Å². The van der Waals surface area contributed by atoms with Gasteiger partial charge in [0.15, 0.2) is 11.5 Å². The van der Waals surface area contributed by atoms with Gasteiger partial charge in [0.1, 0.15) is 5.82 Å². The van der Waals surface area contributed by atoms with Crippen LogP contribution in [0.15, 0.2) is 30.3 Å². The predicted octanol–water partition coefficient (Wildman–Crippen LogP) is 3.27. The number of methoxy groups -OCH3 is 3. The molecule has 9 nitrogen and oxygen atoms in total. The van der Waals surface area contributed by atoms with E-state index in [2.05, 4.69) is 20.4 Å². The zero-order chi connectivity index (χ0) is 22.5. The van der Waals surface area contributed by atoms with Crippen molar-refractivity contribution >= 4 is 17.8 Å². The summed E-state index contributed by atoms with van der Waals surface area (Å²) in [6.07, 6.45) is 3.07. The molecule has 0 aliphatic carbocycles. The third-order valence-corrected chi connectivity index (χ3v) is 4.36. The smallest absolute Gasteiger partial charge is 0.252 e. The maximum absolute atomic E-state index is 12.6. The lowest BCUT2D eigenvalue weighted by atomic mass is 10.1. The number of amides is 1. The maximum Gasteiger partial charge on any atom is 0.252 e. The first kappa shape index (κ1) is 21.8. The second-order valence-electron chi connectivity index (χ2n) is 6.81. The molecular formula is C22H25N5O4. The largest absolute Gasteiger partial charge is 0.493 e. The monoisotopic (exact) mass is 423 g/mol. The topological polar surface area (TPSA) is 100 Å². The summed E-state index contributed by atoms with van der Waals surface area (Å²) in [7, 11) is 4.61. The molecule has 1 N–H and O–H groups in total. The standard InChI is InChI=1S/C22H25N5O4/c1-13-9-14(2)24-22(23-13)27-19(10-15(3)26-27)25-20(28)8-7-16-11-17(29-4)21(31-6)18(12-16)30-5/h7-12H,1-6H3,(H,25,28). The fourth-order valence-electron chi connectivity index (χ4n) is 3.08. The second-order valence-corrected chi connectivity index (χ2v) is 6.81. The number of ether oxygens (including phenoxy) is 3. The lowest BCUT2D eigenvalue weighted by molar-refractivity contribution is -0.111. The molecule has 1 amide bonds. The van der Waals surface area contributed by atoms with Gasteiger partial charge in [0.25, 0.3) is 5.95 Å². The summed E-state index contributed by atoms with van der Waals surface area (Å²) in [6, 6.07) is 7.14. The van der Waals surface area contributed by atoms with Crippen LogP contribution in [0.25, 0.3) is 12.0 Å². The van der Waals surface area contributed by atoms with Gasteiger partial charge in [0.05, 0.1) is 27.0 Å². The van der Waals surface area contributed by atoms with E-state index in [1.165, 1.54) is 32.1 Å². The quantitative estimate of drug-likeness (QED) is 0.582. The van der Waals surface area contributed by atoms with Gasteiger partial charge in [0, 0.05) is 23.5 Å². The highest BCUT2D eigenvalue weighted by Gasteiger charge is 2.14. The van der Waals surface area contributed by atoms with E-state index >= 15 is 0 Å². The van der Waals surface area contributed by atoms with Crippen LogP contribution in [0.4, 0.5) is 5.82 Å². The van der Waals surface area contributed by atoms with Gasteiger partial charge in [-0.1, -0.05) is 0 Å². The molecule has 0 aliphatic heterocycles. The Morgan fingerprint density at radius 3 is 2.06 bits per heavy atom. The number of nitrogens with zero attached hydrogens (tertiary/aromatic N) is 4. The Morgan fingerprint density at radius 2 is 1.52 bits per heavy atom. The number of hydrogen-bond acceptors (Lipinski definition) is 7. The van der Waals surface area contributed by atoms with E-state index in [-0.39, 0.29) is 5.91 Å². The van der Waals surface area contributed by atoms with Crippen molar-refractivity contribution in [2.24, 2.45) is 0 Å². The zero-order valence-electron chi connectivity index (χ0n) is 18.4. The SMILES string of the molecule is COc1cc(C=CC(=O)Nc2cc(C)nn2-c2nc(C)cc(C)n2)cc(OC)c1OC. The van der Waals surface area contributed by atoms with Gasteiger partial charge >= 0.3 is 0 Å². The van der Waals surface area contributed by atoms with Crippen molar-refractivity contribution < 1.29 is 19.0 Å². The Hall–Kier alpha value is -3.88. The number of anilines is 1. The summed E-state index contributed by atoms with van der Waals surface area (Å²) in [5.74, 6) is 2.03. The third-order valence-electron chi connectivity index (χ3n) is 4.36. The highest BCUT2D eigenvalue weighted by Crippen LogP contribution is 2.38. The van der Waals surface area contributed by atoms with Crippen LogP contribution in [0, 0.1) is 20.8 Å². The number of carbonyl (C=O) groups is 1. The summed E-state index contributed by atoms with van der Waals surface area (Å²) >= 11 is 0. The highest BCUT2D eigenvalue weighted by atomic mass is 16.5. The molecule has 3 rings (SSSR count). The minimum atomic E-state index is -0.334. The molecular weight excluding hydrogens is 398 g/mol. The first-order valence-electron chi connectivity index (χ1n) is 9.53. The van der Waals surface area contributed by atoms with Gasteiger partial charge in [0.2, 0.25) is 11.7 Å². The molecule has 0 aliphatic rings. The highest BCUT2D eigenvalue weighted by molar-refractivity contribution is 6.01. The first-order chi connectivity index (χ1) is 14.8. The van der Waals surface area contributed by atoms with Crippen molar-refractivity contribution in [1.82, 2.24) is 19.7 Å². The van der Waals surface area contributed by atoms with Gasteiger partial charge in [-0.05, 0) is 50.6 Å². The normalized spacial score (nSPS) is 10.9. The van der Waals surface area contributed by atoms with Crippen LogP contribution in [0.2, 0.25) is 0 Å². The number of carbonyl (C=O) groups excluding carboxylic acids is 1. The number of nitrogens with one attached hydrogen (secondary N) is 1. The molecule has 0 radical (unpaired) electrons. The first-order valence-corrected chi connectivity index (χ1v) is 9.53. The average molecular weight is 423 g/mol. The molecule has 2 heterocycles. The number of aryl methyl sites for hydroxylation is 3. The molecule has 0 atom stereocenters. The van der Waals surface area contributed by atoms with Gasteiger partial charge in [-0.3, -0.25) is 4.79 Å². The van der Waals surface area contributed by atoms with Crippen molar-refractivity contribution in [2.75, 3.05) is 26.6 Å². The minimum absolute atomic E-state index is 0.334. The van der Waals surface area contributed by atoms with Gasteiger partial charge in [-0.25, -0.2) is 9.97 Å². The summed E-state index contributed by atoms with van der Waals surface area (Å²) in [6.45, 7) is 5.60. The molecule has 0 saturated carbocycles. The van der Waals surface area contributed by atoms with Crippen LogP contribution in [0.3, 0.4) is 0 Å². The molecule has 0 spiro atoms. The fourth-order valence-corrected chi connectivity index (χ4v) is 3.08. The minimum Gasteiger partial charge on any atom is -0.493 e. The number of aromatic nitrogens is 4.